The molecule has 0 aromatic heterocycles. The number of aldehydes is 1. The quantitative estimate of drug-likeness (QED) is 0.528. The minimum Gasteiger partial charge on any atom is -0.481 e. The van der Waals surface area contributed by atoms with Crippen molar-refractivity contribution < 1.29 is 19.5 Å². The van der Waals surface area contributed by atoms with E-state index in [-0.39, 0.29) is 18.4 Å². The highest BCUT2D eigenvalue weighted by atomic mass is 16.4. The largest absolute Gasteiger partial charge is 0.481 e. The van der Waals surface area contributed by atoms with Crippen molar-refractivity contribution in [3.05, 3.63) is 0 Å². The molecule has 5 nitrogen and oxygen atoms in total. The predicted molar refractivity (Wildman–Crippen MR) is 66.1 cm³/mol. The average molecular weight is 255 g/mol. The van der Waals surface area contributed by atoms with Crippen LogP contribution in [0.25, 0.3) is 0 Å². The van der Waals surface area contributed by atoms with Gasteiger partial charge >= 0.3 is 5.97 Å². The van der Waals surface area contributed by atoms with Crippen LogP contribution in [0.3, 0.4) is 0 Å². The molecule has 0 aromatic carbocycles. The first-order chi connectivity index (χ1) is 8.65. The van der Waals surface area contributed by atoms with E-state index in [0.717, 1.165) is 38.4 Å². The number of amides is 1. The van der Waals surface area contributed by atoms with Crippen LogP contribution in [0.1, 0.15) is 51.4 Å². The molecule has 1 atom stereocenters. The minimum absolute atomic E-state index is 0.0730. The van der Waals surface area contributed by atoms with Gasteiger partial charge in [0.2, 0.25) is 5.91 Å². The third-order valence-electron chi connectivity index (χ3n) is 3.31. The highest BCUT2D eigenvalue weighted by Gasteiger charge is 2.26. The van der Waals surface area contributed by atoms with Gasteiger partial charge in [-0.15, -0.1) is 0 Å². The predicted octanol–water partition coefficient (Wildman–Crippen LogP) is 1.60. The highest BCUT2D eigenvalue weighted by Crippen LogP contribution is 2.17. The number of hydrogen-bond donors (Lipinski definition) is 1. The summed E-state index contributed by atoms with van der Waals surface area (Å²) in [6.45, 7) is 0.620. The number of likely N-dealkylation sites (tertiary alicyclic amines) is 1. The summed E-state index contributed by atoms with van der Waals surface area (Å²) >= 11 is 0. The van der Waals surface area contributed by atoms with Gasteiger partial charge in [0.25, 0.3) is 0 Å². The van der Waals surface area contributed by atoms with E-state index in [1.807, 2.05) is 0 Å². The average Bonchev–Trinajstić information content (AvgIpc) is 2.34. The summed E-state index contributed by atoms with van der Waals surface area (Å²) < 4.78 is 0. The molecule has 0 aliphatic carbocycles. The maximum absolute atomic E-state index is 11.7. The molecular weight excluding hydrogens is 234 g/mol. The van der Waals surface area contributed by atoms with Crippen molar-refractivity contribution in [2.24, 2.45) is 0 Å². The normalized spacial score (nSPS) is 19.9. The van der Waals surface area contributed by atoms with E-state index < -0.39 is 5.97 Å². The first-order valence-electron chi connectivity index (χ1n) is 6.61. The van der Waals surface area contributed by atoms with Crippen LogP contribution in [0.5, 0.6) is 0 Å². The zero-order chi connectivity index (χ0) is 13.4. The Kier molecular flexibility index (Phi) is 6.39. The first kappa shape index (κ1) is 14.7. The zero-order valence-electron chi connectivity index (χ0n) is 10.6. The Labute approximate surface area is 107 Å². The molecule has 102 valence electrons. The molecular formula is C13H21NO4. The van der Waals surface area contributed by atoms with Gasteiger partial charge in [0, 0.05) is 19.4 Å². The summed E-state index contributed by atoms with van der Waals surface area (Å²) in [5.41, 5.74) is 0. The maximum atomic E-state index is 11.7. The lowest BCUT2D eigenvalue weighted by Gasteiger charge is -2.32. The number of piperidine rings is 1. The van der Waals surface area contributed by atoms with Gasteiger partial charge in [-0.2, -0.15) is 0 Å². The van der Waals surface area contributed by atoms with Crippen LogP contribution in [0.2, 0.25) is 0 Å². The molecule has 18 heavy (non-hydrogen) atoms. The molecule has 1 N–H and O–H groups in total. The summed E-state index contributed by atoms with van der Waals surface area (Å²) in [5.74, 6) is -0.689. The van der Waals surface area contributed by atoms with E-state index >= 15 is 0 Å². The fourth-order valence-electron chi connectivity index (χ4n) is 2.29. The van der Waals surface area contributed by atoms with Crippen molar-refractivity contribution in [1.82, 2.24) is 4.90 Å². The number of carboxylic acids is 1. The van der Waals surface area contributed by atoms with Crippen molar-refractivity contribution in [2.75, 3.05) is 6.54 Å². The summed E-state index contributed by atoms with van der Waals surface area (Å²) in [6.07, 6.45) is 6.48. The third kappa shape index (κ3) is 4.85. The lowest BCUT2D eigenvalue weighted by atomic mass is 10.0. The van der Waals surface area contributed by atoms with Gasteiger partial charge < -0.3 is 14.8 Å². The van der Waals surface area contributed by atoms with Crippen LogP contribution >= 0.6 is 0 Å². The van der Waals surface area contributed by atoms with Gasteiger partial charge in [-0.1, -0.05) is 12.8 Å². The molecule has 1 aliphatic heterocycles. The molecule has 1 saturated heterocycles. The molecule has 1 heterocycles. The Morgan fingerprint density at radius 3 is 2.72 bits per heavy atom. The Morgan fingerprint density at radius 2 is 2.06 bits per heavy atom. The number of aliphatic carboxylic acids is 1. The number of unbranched alkanes of at least 4 members (excludes halogenated alkanes) is 3. The van der Waals surface area contributed by atoms with Crippen LogP contribution in [-0.4, -0.2) is 40.8 Å². The zero-order valence-corrected chi connectivity index (χ0v) is 10.6. The molecule has 0 spiro atoms. The molecule has 5 heteroatoms. The number of nitrogens with zero attached hydrogens (tertiary/aromatic N) is 1. The summed E-state index contributed by atoms with van der Waals surface area (Å²) in [7, 11) is 0. The SMILES string of the molecule is O=CC1CCCC(=O)N1CCCCCCC(=O)O. The van der Waals surface area contributed by atoms with Gasteiger partial charge in [0.05, 0.1) is 6.04 Å². The first-order valence-corrected chi connectivity index (χ1v) is 6.61. The Bertz CT molecular complexity index is 303. The second kappa shape index (κ2) is 7.84. The number of hydrogen-bond acceptors (Lipinski definition) is 3. The van der Waals surface area contributed by atoms with Gasteiger partial charge in [-0.3, -0.25) is 9.59 Å². The lowest BCUT2D eigenvalue weighted by molar-refractivity contribution is -0.139. The van der Waals surface area contributed by atoms with Crippen LogP contribution in [0, 0.1) is 0 Å². The number of rotatable bonds is 8. The molecule has 0 aromatic rings. The standard InChI is InChI=1S/C13H21NO4/c15-10-11-6-5-7-12(16)14(11)9-4-2-1-3-8-13(17)18/h10-11H,1-9H2,(H,17,18). The topological polar surface area (TPSA) is 74.7 Å². The van der Waals surface area contributed by atoms with Crippen molar-refractivity contribution in [3.8, 4) is 0 Å². The molecule has 1 fully saturated rings. The van der Waals surface area contributed by atoms with E-state index in [1.165, 1.54) is 0 Å². The third-order valence-corrected chi connectivity index (χ3v) is 3.31. The van der Waals surface area contributed by atoms with Crippen LogP contribution in [0.15, 0.2) is 0 Å². The van der Waals surface area contributed by atoms with E-state index in [4.69, 9.17) is 5.11 Å². The highest BCUT2D eigenvalue weighted by molar-refractivity contribution is 5.81. The Hall–Kier alpha value is -1.39. The second-order valence-corrected chi connectivity index (χ2v) is 4.74. The molecule has 0 radical (unpaired) electrons. The molecule has 0 bridgehead atoms. The second-order valence-electron chi connectivity index (χ2n) is 4.74. The van der Waals surface area contributed by atoms with Crippen LogP contribution in [-0.2, 0) is 14.4 Å². The van der Waals surface area contributed by atoms with Crippen molar-refractivity contribution in [1.29, 1.82) is 0 Å². The summed E-state index contributed by atoms with van der Waals surface area (Å²) in [6, 6.07) is -0.245. The maximum Gasteiger partial charge on any atom is 0.303 e. The van der Waals surface area contributed by atoms with E-state index in [0.29, 0.717) is 19.4 Å². The van der Waals surface area contributed by atoms with E-state index in [2.05, 4.69) is 0 Å². The fourth-order valence-corrected chi connectivity index (χ4v) is 2.29. The smallest absolute Gasteiger partial charge is 0.303 e. The number of carbonyl (C=O) groups excluding carboxylic acids is 2. The van der Waals surface area contributed by atoms with Crippen molar-refractivity contribution in [3.63, 3.8) is 0 Å². The monoisotopic (exact) mass is 255 g/mol. The van der Waals surface area contributed by atoms with Gasteiger partial charge in [0.15, 0.2) is 0 Å². The minimum atomic E-state index is -0.762. The fraction of sp³-hybridized carbons (Fsp3) is 0.769. The lowest BCUT2D eigenvalue weighted by Crippen LogP contribution is -2.44. The Morgan fingerprint density at radius 1 is 1.33 bits per heavy atom. The number of carbonyl (C=O) groups is 3. The van der Waals surface area contributed by atoms with E-state index in [1.54, 1.807) is 4.90 Å². The van der Waals surface area contributed by atoms with Crippen LogP contribution in [0.4, 0.5) is 0 Å². The summed E-state index contributed by atoms with van der Waals surface area (Å²) in [5, 5.41) is 8.48. The number of carboxylic acid groups (broad SMARTS) is 1. The van der Waals surface area contributed by atoms with Gasteiger partial charge in [0.1, 0.15) is 6.29 Å². The molecule has 0 saturated carbocycles. The van der Waals surface area contributed by atoms with Crippen molar-refractivity contribution in [2.45, 2.75) is 57.4 Å². The van der Waals surface area contributed by atoms with Gasteiger partial charge in [-0.25, -0.2) is 0 Å². The summed E-state index contributed by atoms with van der Waals surface area (Å²) in [4.78, 5) is 34.5. The Balaban J connectivity index is 2.18. The van der Waals surface area contributed by atoms with Crippen LogP contribution < -0.4 is 0 Å². The molecule has 1 rings (SSSR count). The molecule has 1 aliphatic rings. The molecule has 1 unspecified atom stereocenters. The van der Waals surface area contributed by atoms with Crippen molar-refractivity contribution >= 4 is 18.2 Å². The van der Waals surface area contributed by atoms with Gasteiger partial charge in [-0.05, 0) is 25.7 Å². The van der Waals surface area contributed by atoms with E-state index in [9.17, 15) is 14.4 Å². The molecule has 1 amide bonds.